The van der Waals surface area contributed by atoms with Gasteiger partial charge in [-0.25, -0.2) is 14.2 Å². The third kappa shape index (κ3) is 4.24. The molecule has 1 aromatic rings. The molecule has 3 N–H and O–H groups in total. The van der Waals surface area contributed by atoms with E-state index in [1.807, 2.05) is 0 Å². The molecule has 4 fully saturated rings. The minimum atomic E-state index is -0.805. The molecule has 0 aromatic heterocycles. The molecule has 11 heteroatoms. The van der Waals surface area contributed by atoms with Gasteiger partial charge in [0.05, 0.1) is 5.56 Å². The lowest BCUT2D eigenvalue weighted by Crippen LogP contribution is -2.55. The average molecular weight is 500 g/mol. The first-order chi connectivity index (χ1) is 17.4. The van der Waals surface area contributed by atoms with E-state index >= 15 is 4.39 Å². The zero-order chi connectivity index (χ0) is 25.0. The van der Waals surface area contributed by atoms with Crippen molar-refractivity contribution < 1.29 is 28.3 Å². The summed E-state index contributed by atoms with van der Waals surface area (Å²) in [5, 5.41) is 7.19. The van der Waals surface area contributed by atoms with Crippen LogP contribution in [0.1, 0.15) is 66.4 Å². The van der Waals surface area contributed by atoms with E-state index in [4.69, 9.17) is 4.74 Å². The molecule has 0 radical (unpaired) electrons. The van der Waals surface area contributed by atoms with Gasteiger partial charge in [0, 0.05) is 56.5 Å². The van der Waals surface area contributed by atoms with E-state index in [0.717, 1.165) is 25.3 Å². The third-order valence-corrected chi connectivity index (χ3v) is 8.13. The maximum atomic E-state index is 15.2. The second-order valence-electron chi connectivity index (χ2n) is 10.5. The first-order valence-corrected chi connectivity index (χ1v) is 12.8. The van der Waals surface area contributed by atoms with Gasteiger partial charge < -0.3 is 15.0 Å². The number of nitrogens with zero attached hydrogens (tertiary/aromatic N) is 2. The topological polar surface area (TPSA) is 120 Å². The molecule has 3 heterocycles. The van der Waals surface area contributed by atoms with Crippen LogP contribution in [0.5, 0.6) is 0 Å². The number of benzene rings is 1. The zero-order valence-corrected chi connectivity index (χ0v) is 19.9. The SMILES string of the molecule is O=C1CCC(N2Cc3ccc(CNC(=O)OC4CC(N5NCCC5C5CC5)C4)c(F)c3C2=O)C(=O)N1. The van der Waals surface area contributed by atoms with E-state index in [-0.39, 0.29) is 49.1 Å². The van der Waals surface area contributed by atoms with Crippen LogP contribution in [0.15, 0.2) is 12.1 Å². The Morgan fingerprint density at radius 2 is 1.94 bits per heavy atom. The molecular weight excluding hydrogens is 469 g/mol. The molecule has 6 rings (SSSR count). The lowest BCUT2D eigenvalue weighted by atomic mass is 9.87. The summed E-state index contributed by atoms with van der Waals surface area (Å²) >= 11 is 0. The fourth-order valence-electron chi connectivity index (χ4n) is 5.95. The Balaban J connectivity index is 1.01. The Bertz CT molecular complexity index is 1120. The number of nitrogens with one attached hydrogen (secondary N) is 3. The Morgan fingerprint density at radius 1 is 1.14 bits per heavy atom. The number of hydrogen-bond acceptors (Lipinski definition) is 7. The Morgan fingerprint density at radius 3 is 2.69 bits per heavy atom. The Kier molecular flexibility index (Phi) is 5.91. The summed E-state index contributed by atoms with van der Waals surface area (Å²) < 4.78 is 20.7. The van der Waals surface area contributed by atoms with Crippen LogP contribution in [0.25, 0.3) is 0 Å². The monoisotopic (exact) mass is 499 g/mol. The molecule has 0 bridgehead atoms. The number of halogens is 1. The zero-order valence-electron chi connectivity index (χ0n) is 19.9. The smallest absolute Gasteiger partial charge is 0.407 e. The molecule has 4 amide bonds. The average Bonchev–Trinajstić information content (AvgIpc) is 3.46. The molecule has 2 atom stereocenters. The number of imide groups is 1. The highest BCUT2D eigenvalue weighted by molar-refractivity contribution is 6.05. The van der Waals surface area contributed by atoms with Crippen LogP contribution in [0.2, 0.25) is 0 Å². The number of alkyl carbamates (subject to hydrolysis) is 1. The van der Waals surface area contributed by atoms with Gasteiger partial charge in [-0.2, -0.15) is 0 Å². The van der Waals surface area contributed by atoms with E-state index in [2.05, 4.69) is 21.1 Å². The fraction of sp³-hybridized carbons (Fsp3) is 0.600. The number of ether oxygens (including phenoxy) is 1. The van der Waals surface area contributed by atoms with E-state index in [1.165, 1.54) is 30.2 Å². The molecule has 2 unspecified atom stereocenters. The molecule has 0 spiro atoms. The van der Waals surface area contributed by atoms with E-state index in [9.17, 15) is 19.2 Å². The van der Waals surface area contributed by atoms with Crippen LogP contribution in [-0.4, -0.2) is 64.5 Å². The molecule has 192 valence electrons. The summed E-state index contributed by atoms with van der Waals surface area (Å²) in [7, 11) is 0. The number of hydrazine groups is 1. The highest BCUT2D eigenvalue weighted by Crippen LogP contribution is 2.41. The summed E-state index contributed by atoms with van der Waals surface area (Å²) in [6.07, 6.45) is 4.91. The standard InChI is InChI=1S/C25H30FN5O5/c26-22-14(3-4-15-12-30(24(34)21(15)22)19-5-6-20(32)29-23(19)33)11-27-25(35)36-17-9-16(10-17)31-18(7-8-28-31)13-1-2-13/h3-4,13,16-19,28H,1-2,5-12H2,(H,27,35)(H,29,32,33). The summed E-state index contributed by atoms with van der Waals surface area (Å²) in [6.45, 7) is 0.991. The van der Waals surface area contributed by atoms with Crippen molar-refractivity contribution >= 4 is 23.8 Å². The lowest BCUT2D eigenvalue weighted by Gasteiger charge is -2.42. The first-order valence-electron chi connectivity index (χ1n) is 12.8. The lowest BCUT2D eigenvalue weighted by molar-refractivity contribution is -0.136. The van der Waals surface area contributed by atoms with Gasteiger partial charge in [-0.3, -0.25) is 25.1 Å². The van der Waals surface area contributed by atoms with Gasteiger partial charge in [-0.15, -0.1) is 0 Å². The predicted octanol–water partition coefficient (Wildman–Crippen LogP) is 1.33. The van der Waals surface area contributed by atoms with Crippen LogP contribution in [-0.2, 0) is 27.4 Å². The highest BCUT2D eigenvalue weighted by Gasteiger charge is 2.46. The van der Waals surface area contributed by atoms with Gasteiger partial charge in [0.1, 0.15) is 18.0 Å². The summed E-state index contributed by atoms with van der Waals surface area (Å²) in [5.74, 6) is -1.41. The maximum Gasteiger partial charge on any atom is 0.407 e. The summed E-state index contributed by atoms with van der Waals surface area (Å²) in [6, 6.07) is 3.34. The van der Waals surface area contributed by atoms with Crippen LogP contribution in [0.4, 0.5) is 9.18 Å². The quantitative estimate of drug-likeness (QED) is 0.505. The second kappa shape index (κ2) is 9.11. The molecular formula is C25H30FN5O5. The number of hydrogen-bond donors (Lipinski definition) is 3. The molecule has 1 aromatic carbocycles. The summed E-state index contributed by atoms with van der Waals surface area (Å²) in [4.78, 5) is 50.2. The molecule has 2 saturated heterocycles. The van der Waals surface area contributed by atoms with Gasteiger partial charge in [0.15, 0.2) is 0 Å². The van der Waals surface area contributed by atoms with Crippen molar-refractivity contribution in [1.82, 2.24) is 26.0 Å². The largest absolute Gasteiger partial charge is 0.446 e. The van der Waals surface area contributed by atoms with Crippen molar-refractivity contribution in [2.45, 2.75) is 82.3 Å². The van der Waals surface area contributed by atoms with Crippen molar-refractivity contribution in [3.63, 3.8) is 0 Å². The van der Waals surface area contributed by atoms with Gasteiger partial charge >= 0.3 is 6.09 Å². The van der Waals surface area contributed by atoms with Crippen LogP contribution in [0.3, 0.4) is 0 Å². The van der Waals surface area contributed by atoms with Crippen molar-refractivity contribution in [1.29, 1.82) is 0 Å². The number of piperidine rings is 1. The van der Waals surface area contributed by atoms with Crippen LogP contribution < -0.4 is 16.1 Å². The van der Waals surface area contributed by atoms with Gasteiger partial charge in [-0.1, -0.05) is 12.1 Å². The Labute approximate surface area is 207 Å². The fourth-order valence-corrected chi connectivity index (χ4v) is 5.95. The van der Waals surface area contributed by atoms with Crippen molar-refractivity contribution in [3.8, 4) is 0 Å². The van der Waals surface area contributed by atoms with Gasteiger partial charge in [0.25, 0.3) is 5.91 Å². The van der Waals surface area contributed by atoms with Gasteiger partial charge in [-0.05, 0) is 37.2 Å². The van der Waals surface area contributed by atoms with Crippen molar-refractivity contribution in [2.24, 2.45) is 5.92 Å². The third-order valence-electron chi connectivity index (χ3n) is 8.13. The van der Waals surface area contributed by atoms with Crippen LogP contribution in [0, 0.1) is 11.7 Å². The molecule has 3 aliphatic heterocycles. The molecule has 10 nitrogen and oxygen atoms in total. The second-order valence-corrected chi connectivity index (χ2v) is 10.5. The summed E-state index contributed by atoms with van der Waals surface area (Å²) in [5.41, 5.74) is 4.04. The van der Waals surface area contributed by atoms with Crippen LogP contribution >= 0.6 is 0 Å². The van der Waals surface area contributed by atoms with Crippen molar-refractivity contribution in [2.75, 3.05) is 6.54 Å². The number of amides is 4. The Hall–Kier alpha value is -3.05. The van der Waals surface area contributed by atoms with E-state index in [1.54, 1.807) is 6.07 Å². The highest BCUT2D eigenvalue weighted by atomic mass is 19.1. The first kappa shape index (κ1) is 23.4. The number of carbonyl (C=O) groups is 4. The van der Waals surface area contributed by atoms with Crippen molar-refractivity contribution in [3.05, 3.63) is 34.6 Å². The van der Waals surface area contributed by atoms with E-state index in [0.29, 0.717) is 17.6 Å². The maximum absolute atomic E-state index is 15.2. The predicted molar refractivity (Wildman–Crippen MR) is 124 cm³/mol. The molecule has 36 heavy (non-hydrogen) atoms. The van der Waals surface area contributed by atoms with Gasteiger partial charge in [0.2, 0.25) is 11.8 Å². The number of fused-ring (bicyclic) bond motifs is 1. The van der Waals surface area contributed by atoms with E-state index < -0.39 is 29.8 Å². The molecule has 5 aliphatic rings. The minimum absolute atomic E-state index is 0.0856. The molecule has 2 saturated carbocycles. The number of carbonyl (C=O) groups excluding carboxylic acids is 4. The minimum Gasteiger partial charge on any atom is -0.446 e. The molecule has 2 aliphatic carbocycles. The normalized spacial score (nSPS) is 30.1. The number of rotatable bonds is 6.